The molecular weight excluding hydrogens is 296 g/mol. The third-order valence-electron chi connectivity index (χ3n) is 3.33. The van der Waals surface area contributed by atoms with Gasteiger partial charge in [0.1, 0.15) is 18.9 Å². The second kappa shape index (κ2) is 9.74. The molecule has 0 aliphatic carbocycles. The first-order chi connectivity index (χ1) is 11.0. The minimum Gasteiger partial charge on any atom is -0.375 e. The van der Waals surface area contributed by atoms with Crippen LogP contribution >= 0.6 is 0 Å². The molecule has 0 aromatic heterocycles. The molecule has 0 saturated carbocycles. The lowest BCUT2D eigenvalue weighted by Gasteiger charge is -2.23. The Hall–Kier alpha value is -2.21. The predicted molar refractivity (Wildman–Crippen MR) is 86.8 cm³/mol. The van der Waals surface area contributed by atoms with Crippen molar-refractivity contribution in [3.05, 3.63) is 35.9 Å². The first-order valence-corrected chi connectivity index (χ1v) is 7.55. The van der Waals surface area contributed by atoms with Gasteiger partial charge in [-0.1, -0.05) is 44.2 Å². The van der Waals surface area contributed by atoms with Crippen LogP contribution in [-0.2, 0) is 25.5 Å². The van der Waals surface area contributed by atoms with Crippen molar-refractivity contribution in [3.63, 3.8) is 0 Å². The topological polar surface area (TPSA) is 84.5 Å². The molecule has 0 aliphatic heterocycles. The van der Waals surface area contributed by atoms with E-state index in [1.54, 1.807) is 0 Å². The Labute approximate surface area is 136 Å². The van der Waals surface area contributed by atoms with Gasteiger partial charge in [0.25, 0.3) is 0 Å². The lowest BCUT2D eigenvalue weighted by Crippen LogP contribution is -2.53. The fourth-order valence-corrected chi connectivity index (χ4v) is 2.15. The SMILES string of the molecule is COCC(=O)N[C@H](C(=O)NC(C=O)Cc1ccccc1)C(C)C. The van der Waals surface area contributed by atoms with Crippen LogP contribution in [0.2, 0.25) is 0 Å². The normalized spacial score (nSPS) is 13.2. The monoisotopic (exact) mass is 320 g/mol. The van der Waals surface area contributed by atoms with E-state index in [1.165, 1.54) is 7.11 Å². The summed E-state index contributed by atoms with van der Waals surface area (Å²) in [6, 6.07) is 8.08. The Morgan fingerprint density at radius 1 is 1.17 bits per heavy atom. The first-order valence-electron chi connectivity index (χ1n) is 7.55. The molecule has 126 valence electrons. The van der Waals surface area contributed by atoms with E-state index in [0.29, 0.717) is 12.7 Å². The van der Waals surface area contributed by atoms with E-state index in [-0.39, 0.29) is 24.3 Å². The number of carbonyl (C=O) groups excluding carboxylic acids is 3. The second-order valence-electron chi connectivity index (χ2n) is 5.66. The maximum atomic E-state index is 12.4. The molecule has 0 spiro atoms. The lowest BCUT2D eigenvalue weighted by atomic mass is 10.0. The minimum atomic E-state index is -0.712. The Morgan fingerprint density at radius 3 is 2.35 bits per heavy atom. The third kappa shape index (κ3) is 6.61. The Kier molecular flexibility index (Phi) is 7.97. The number of nitrogens with one attached hydrogen (secondary N) is 2. The molecule has 1 aromatic carbocycles. The highest BCUT2D eigenvalue weighted by Crippen LogP contribution is 2.05. The van der Waals surface area contributed by atoms with Gasteiger partial charge in [-0.3, -0.25) is 9.59 Å². The zero-order chi connectivity index (χ0) is 17.2. The highest BCUT2D eigenvalue weighted by Gasteiger charge is 2.26. The molecule has 0 heterocycles. The predicted octanol–water partition coefficient (Wildman–Crippen LogP) is 0.700. The summed E-state index contributed by atoms with van der Waals surface area (Å²) in [5.74, 6) is -0.857. The largest absolute Gasteiger partial charge is 0.375 e. The van der Waals surface area contributed by atoms with Crippen molar-refractivity contribution in [1.82, 2.24) is 10.6 Å². The molecule has 0 fully saturated rings. The highest BCUT2D eigenvalue weighted by atomic mass is 16.5. The first kappa shape index (κ1) is 18.8. The van der Waals surface area contributed by atoms with Crippen LogP contribution in [0.3, 0.4) is 0 Å². The van der Waals surface area contributed by atoms with Gasteiger partial charge < -0.3 is 20.2 Å². The van der Waals surface area contributed by atoms with Gasteiger partial charge in [0.2, 0.25) is 11.8 Å². The number of hydrogen-bond acceptors (Lipinski definition) is 4. The van der Waals surface area contributed by atoms with E-state index in [2.05, 4.69) is 10.6 Å². The van der Waals surface area contributed by atoms with Gasteiger partial charge in [-0.05, 0) is 17.9 Å². The third-order valence-corrected chi connectivity index (χ3v) is 3.33. The fourth-order valence-electron chi connectivity index (χ4n) is 2.15. The van der Waals surface area contributed by atoms with Gasteiger partial charge in [0.15, 0.2) is 0 Å². The summed E-state index contributed by atoms with van der Waals surface area (Å²) in [5, 5.41) is 5.30. The maximum absolute atomic E-state index is 12.4. The molecule has 0 saturated heterocycles. The smallest absolute Gasteiger partial charge is 0.246 e. The molecule has 2 amide bonds. The zero-order valence-corrected chi connectivity index (χ0v) is 13.7. The molecule has 0 aliphatic rings. The summed E-state index contributed by atoms with van der Waals surface area (Å²) in [7, 11) is 1.41. The van der Waals surface area contributed by atoms with Crippen LogP contribution in [0.15, 0.2) is 30.3 Å². The van der Waals surface area contributed by atoms with Gasteiger partial charge in [-0.25, -0.2) is 0 Å². The standard InChI is InChI=1S/C17H24N2O4/c1-12(2)16(19-15(21)11-23-3)17(22)18-14(10-20)9-13-7-5-4-6-8-13/h4-8,10,12,14,16H,9,11H2,1-3H3,(H,18,22)(H,19,21)/t14?,16-/m0/s1. The van der Waals surface area contributed by atoms with Crippen LogP contribution in [0.4, 0.5) is 0 Å². The molecule has 23 heavy (non-hydrogen) atoms. The number of benzene rings is 1. The van der Waals surface area contributed by atoms with Crippen LogP contribution in [0, 0.1) is 5.92 Å². The van der Waals surface area contributed by atoms with Crippen molar-refractivity contribution < 1.29 is 19.1 Å². The van der Waals surface area contributed by atoms with Crippen LogP contribution in [0.5, 0.6) is 0 Å². The lowest BCUT2D eigenvalue weighted by molar-refractivity contribution is -0.132. The summed E-state index contributed by atoms with van der Waals surface area (Å²) in [6.07, 6.45) is 1.12. The minimum absolute atomic E-state index is 0.111. The summed E-state index contributed by atoms with van der Waals surface area (Å²) < 4.78 is 4.75. The van der Waals surface area contributed by atoms with Gasteiger partial charge in [0.05, 0.1) is 6.04 Å². The van der Waals surface area contributed by atoms with Crippen molar-refractivity contribution in [3.8, 4) is 0 Å². The fraction of sp³-hybridized carbons (Fsp3) is 0.471. The molecule has 2 atom stereocenters. The maximum Gasteiger partial charge on any atom is 0.246 e. The molecule has 1 rings (SSSR count). The molecule has 6 heteroatoms. The van der Waals surface area contributed by atoms with Crippen molar-refractivity contribution in [2.75, 3.05) is 13.7 Å². The van der Waals surface area contributed by atoms with Gasteiger partial charge in [-0.2, -0.15) is 0 Å². The number of aldehydes is 1. The quantitative estimate of drug-likeness (QED) is 0.656. The number of methoxy groups -OCH3 is 1. The number of ether oxygens (including phenoxy) is 1. The van der Waals surface area contributed by atoms with Crippen molar-refractivity contribution in [2.45, 2.75) is 32.4 Å². The molecule has 1 unspecified atom stereocenters. The van der Waals surface area contributed by atoms with Crippen molar-refractivity contribution >= 4 is 18.1 Å². The summed E-state index contributed by atoms with van der Waals surface area (Å²) >= 11 is 0. The van der Waals surface area contributed by atoms with Crippen LogP contribution in [-0.4, -0.2) is 43.9 Å². The number of carbonyl (C=O) groups is 3. The highest BCUT2D eigenvalue weighted by molar-refractivity contribution is 5.89. The van der Waals surface area contributed by atoms with E-state index >= 15 is 0 Å². The van der Waals surface area contributed by atoms with Gasteiger partial charge in [-0.15, -0.1) is 0 Å². The Balaban J connectivity index is 2.67. The summed E-state index contributed by atoms with van der Waals surface area (Å²) in [6.45, 7) is 3.53. The van der Waals surface area contributed by atoms with E-state index < -0.39 is 12.1 Å². The van der Waals surface area contributed by atoms with Gasteiger partial charge >= 0.3 is 0 Å². The number of rotatable bonds is 9. The summed E-state index contributed by atoms with van der Waals surface area (Å²) in [5.41, 5.74) is 0.953. The Bertz CT molecular complexity index is 517. The number of hydrogen-bond donors (Lipinski definition) is 2. The molecule has 1 aromatic rings. The second-order valence-corrected chi connectivity index (χ2v) is 5.66. The summed E-state index contributed by atoms with van der Waals surface area (Å²) in [4.78, 5) is 35.2. The van der Waals surface area contributed by atoms with E-state index in [9.17, 15) is 14.4 Å². The molecular formula is C17H24N2O4. The van der Waals surface area contributed by atoms with Gasteiger partial charge in [0, 0.05) is 7.11 Å². The van der Waals surface area contributed by atoms with E-state index in [4.69, 9.17) is 4.74 Å². The average Bonchev–Trinajstić information content (AvgIpc) is 2.52. The zero-order valence-electron chi connectivity index (χ0n) is 13.7. The van der Waals surface area contributed by atoms with E-state index in [0.717, 1.165) is 5.56 Å². The van der Waals surface area contributed by atoms with Crippen molar-refractivity contribution in [1.29, 1.82) is 0 Å². The van der Waals surface area contributed by atoms with Crippen LogP contribution in [0.1, 0.15) is 19.4 Å². The van der Waals surface area contributed by atoms with Crippen LogP contribution in [0.25, 0.3) is 0 Å². The molecule has 6 nitrogen and oxygen atoms in total. The molecule has 0 bridgehead atoms. The molecule has 2 N–H and O–H groups in total. The Morgan fingerprint density at radius 2 is 1.83 bits per heavy atom. The average molecular weight is 320 g/mol. The van der Waals surface area contributed by atoms with E-state index in [1.807, 2.05) is 44.2 Å². The number of amides is 2. The van der Waals surface area contributed by atoms with Crippen LogP contribution < -0.4 is 10.6 Å². The van der Waals surface area contributed by atoms with Crippen molar-refractivity contribution in [2.24, 2.45) is 5.92 Å². The molecule has 0 radical (unpaired) electrons.